The van der Waals surface area contributed by atoms with Gasteiger partial charge in [-0.3, -0.25) is 4.79 Å². The lowest BCUT2D eigenvalue weighted by Gasteiger charge is -2.28. The van der Waals surface area contributed by atoms with E-state index in [2.05, 4.69) is 48.3 Å². The Bertz CT molecular complexity index is 1050. The number of benzene rings is 2. The van der Waals surface area contributed by atoms with Gasteiger partial charge >= 0.3 is 0 Å². The molecule has 0 aliphatic carbocycles. The van der Waals surface area contributed by atoms with Crippen LogP contribution in [0.5, 0.6) is 5.75 Å². The highest BCUT2D eigenvalue weighted by molar-refractivity contribution is 7.99. The number of hydrogen-bond donors (Lipinski definition) is 1. The van der Waals surface area contributed by atoms with Gasteiger partial charge in [0, 0.05) is 13.1 Å². The maximum Gasteiger partial charge on any atom is 0.233 e. The molecule has 2 N–H and O–H groups in total. The van der Waals surface area contributed by atoms with Crippen molar-refractivity contribution in [2.75, 3.05) is 18.1 Å². The highest BCUT2D eigenvalue weighted by atomic mass is 32.2. The SMILES string of the molecule is CC(C)c1ccc(OCc2nnc(SCC(=O)N3CCc4ccccc4C3)n2N)cc1. The van der Waals surface area contributed by atoms with Crippen LogP contribution in [0, 0.1) is 0 Å². The van der Waals surface area contributed by atoms with Crippen molar-refractivity contribution in [3.8, 4) is 5.75 Å². The highest BCUT2D eigenvalue weighted by Gasteiger charge is 2.21. The second kappa shape index (κ2) is 9.43. The van der Waals surface area contributed by atoms with E-state index in [1.807, 2.05) is 29.2 Å². The third-order valence-electron chi connectivity index (χ3n) is 5.46. The normalized spacial score (nSPS) is 13.3. The third kappa shape index (κ3) is 5.02. The van der Waals surface area contributed by atoms with Gasteiger partial charge < -0.3 is 15.5 Å². The first-order chi connectivity index (χ1) is 15.0. The number of carbonyl (C=O) groups excluding carboxylic acids is 1. The molecule has 2 heterocycles. The minimum atomic E-state index is 0.0746. The highest BCUT2D eigenvalue weighted by Crippen LogP contribution is 2.22. The van der Waals surface area contributed by atoms with E-state index in [-0.39, 0.29) is 18.3 Å². The Kier molecular flexibility index (Phi) is 6.46. The number of aromatic nitrogens is 3. The summed E-state index contributed by atoms with van der Waals surface area (Å²) in [4.78, 5) is 14.6. The van der Waals surface area contributed by atoms with Gasteiger partial charge in [-0.05, 0) is 41.2 Å². The molecular weight excluding hydrogens is 410 g/mol. The molecule has 0 saturated carbocycles. The largest absolute Gasteiger partial charge is 0.486 e. The number of hydrogen-bond acceptors (Lipinski definition) is 6. The molecule has 0 atom stereocenters. The van der Waals surface area contributed by atoms with E-state index in [1.165, 1.54) is 33.1 Å². The van der Waals surface area contributed by atoms with Crippen LogP contribution in [0.3, 0.4) is 0 Å². The summed E-state index contributed by atoms with van der Waals surface area (Å²) in [7, 11) is 0. The molecule has 0 radical (unpaired) electrons. The van der Waals surface area contributed by atoms with Crippen LogP contribution in [0.2, 0.25) is 0 Å². The minimum Gasteiger partial charge on any atom is -0.486 e. The molecule has 0 fully saturated rings. The predicted octanol–water partition coefficient (Wildman–Crippen LogP) is 3.37. The molecule has 8 heteroatoms. The number of nitrogens with two attached hydrogens (primary N) is 1. The standard InChI is InChI=1S/C23H27N5O2S/c1-16(2)17-7-9-20(10-8-17)30-14-21-25-26-23(28(21)24)31-15-22(29)27-12-11-18-5-3-4-6-19(18)13-27/h3-10,16H,11-15,24H2,1-2H3. The second-order valence-corrected chi connectivity index (χ2v) is 8.85. The van der Waals surface area contributed by atoms with Gasteiger partial charge in [-0.25, -0.2) is 4.68 Å². The van der Waals surface area contributed by atoms with Crippen LogP contribution < -0.4 is 10.6 Å². The number of amides is 1. The van der Waals surface area contributed by atoms with Crippen LogP contribution in [0.15, 0.2) is 53.7 Å². The summed E-state index contributed by atoms with van der Waals surface area (Å²) in [6, 6.07) is 16.3. The Balaban J connectivity index is 1.30. The summed E-state index contributed by atoms with van der Waals surface area (Å²) < 4.78 is 7.18. The molecule has 2 aromatic carbocycles. The number of nitrogen functional groups attached to an aromatic ring is 1. The van der Waals surface area contributed by atoms with E-state index in [0.29, 0.717) is 23.4 Å². The maximum atomic E-state index is 12.7. The fourth-order valence-electron chi connectivity index (χ4n) is 3.53. The van der Waals surface area contributed by atoms with Gasteiger partial charge in [-0.15, -0.1) is 10.2 Å². The fourth-order valence-corrected chi connectivity index (χ4v) is 4.31. The average Bonchev–Trinajstić information content (AvgIpc) is 3.15. The molecule has 1 aliphatic rings. The van der Waals surface area contributed by atoms with Crippen LogP contribution in [0.4, 0.5) is 0 Å². The van der Waals surface area contributed by atoms with Crippen LogP contribution in [-0.2, 0) is 24.4 Å². The Hall–Kier alpha value is -3.00. The van der Waals surface area contributed by atoms with Crippen LogP contribution in [0.25, 0.3) is 0 Å². The van der Waals surface area contributed by atoms with Crippen LogP contribution in [0.1, 0.15) is 42.3 Å². The zero-order valence-corrected chi connectivity index (χ0v) is 18.6. The van der Waals surface area contributed by atoms with E-state index in [4.69, 9.17) is 10.6 Å². The van der Waals surface area contributed by atoms with E-state index < -0.39 is 0 Å². The number of fused-ring (bicyclic) bond motifs is 1. The summed E-state index contributed by atoms with van der Waals surface area (Å²) in [6.45, 7) is 5.91. The Labute approximate surface area is 186 Å². The first-order valence-corrected chi connectivity index (χ1v) is 11.4. The first-order valence-electron chi connectivity index (χ1n) is 10.4. The summed E-state index contributed by atoms with van der Waals surface area (Å²) in [5.41, 5.74) is 3.80. The molecule has 162 valence electrons. The minimum absolute atomic E-state index is 0.0746. The van der Waals surface area contributed by atoms with Gasteiger partial charge in [0.2, 0.25) is 11.1 Å². The molecule has 7 nitrogen and oxygen atoms in total. The Morgan fingerprint density at radius 1 is 1.13 bits per heavy atom. The monoisotopic (exact) mass is 437 g/mol. The van der Waals surface area contributed by atoms with E-state index in [1.54, 1.807) is 0 Å². The molecular formula is C23H27N5O2S. The first kappa shape index (κ1) is 21.2. The van der Waals surface area contributed by atoms with Crippen molar-refractivity contribution in [2.45, 2.75) is 44.5 Å². The summed E-state index contributed by atoms with van der Waals surface area (Å²) in [6.07, 6.45) is 0.888. The lowest BCUT2D eigenvalue weighted by molar-refractivity contribution is -0.129. The molecule has 3 aromatic rings. The van der Waals surface area contributed by atoms with Gasteiger partial charge in [0.15, 0.2) is 5.82 Å². The molecule has 1 amide bonds. The van der Waals surface area contributed by atoms with Gasteiger partial charge in [0.05, 0.1) is 5.75 Å². The van der Waals surface area contributed by atoms with Crippen molar-refractivity contribution >= 4 is 17.7 Å². The zero-order chi connectivity index (χ0) is 21.8. The molecule has 0 spiro atoms. The lowest BCUT2D eigenvalue weighted by atomic mass is 10.00. The smallest absolute Gasteiger partial charge is 0.233 e. The molecule has 4 rings (SSSR count). The van der Waals surface area contributed by atoms with Crippen molar-refractivity contribution in [3.63, 3.8) is 0 Å². The average molecular weight is 438 g/mol. The van der Waals surface area contributed by atoms with Crippen molar-refractivity contribution in [1.82, 2.24) is 19.8 Å². The predicted molar refractivity (Wildman–Crippen MR) is 121 cm³/mol. The molecule has 1 aliphatic heterocycles. The molecule has 1 aromatic heterocycles. The second-order valence-electron chi connectivity index (χ2n) is 7.90. The van der Waals surface area contributed by atoms with Crippen molar-refractivity contribution < 1.29 is 9.53 Å². The van der Waals surface area contributed by atoms with Crippen molar-refractivity contribution in [2.24, 2.45) is 0 Å². The summed E-state index contributed by atoms with van der Waals surface area (Å²) in [5.74, 6) is 8.21. The molecule has 0 saturated heterocycles. The van der Waals surface area contributed by atoms with Gasteiger partial charge in [0.1, 0.15) is 12.4 Å². The van der Waals surface area contributed by atoms with Crippen LogP contribution >= 0.6 is 11.8 Å². The molecule has 0 unspecified atom stereocenters. The number of nitrogens with zero attached hydrogens (tertiary/aromatic N) is 4. The number of ether oxygens (including phenoxy) is 1. The number of thioether (sulfide) groups is 1. The molecule has 0 bridgehead atoms. The van der Waals surface area contributed by atoms with Gasteiger partial charge in [-0.2, -0.15) is 0 Å². The lowest BCUT2D eigenvalue weighted by Crippen LogP contribution is -2.37. The summed E-state index contributed by atoms with van der Waals surface area (Å²) in [5, 5.41) is 8.73. The molecule has 31 heavy (non-hydrogen) atoms. The van der Waals surface area contributed by atoms with Crippen molar-refractivity contribution in [1.29, 1.82) is 0 Å². The topological polar surface area (TPSA) is 86.3 Å². The Morgan fingerprint density at radius 3 is 2.61 bits per heavy atom. The van der Waals surface area contributed by atoms with Gasteiger partial charge in [-0.1, -0.05) is 62.0 Å². The van der Waals surface area contributed by atoms with E-state index >= 15 is 0 Å². The van der Waals surface area contributed by atoms with Crippen molar-refractivity contribution in [3.05, 3.63) is 71.0 Å². The van der Waals surface area contributed by atoms with E-state index in [0.717, 1.165) is 18.7 Å². The quantitative estimate of drug-likeness (QED) is 0.451. The van der Waals surface area contributed by atoms with Crippen LogP contribution in [-0.4, -0.2) is 38.0 Å². The number of carbonyl (C=O) groups is 1. The van der Waals surface area contributed by atoms with Gasteiger partial charge in [0.25, 0.3) is 0 Å². The van der Waals surface area contributed by atoms with E-state index in [9.17, 15) is 4.79 Å². The number of rotatable bonds is 7. The summed E-state index contributed by atoms with van der Waals surface area (Å²) >= 11 is 1.30. The third-order valence-corrected chi connectivity index (χ3v) is 6.39. The zero-order valence-electron chi connectivity index (χ0n) is 17.8. The fraction of sp³-hybridized carbons (Fsp3) is 0.348. The maximum absolute atomic E-state index is 12.7. The Morgan fingerprint density at radius 2 is 1.87 bits per heavy atom.